The van der Waals surface area contributed by atoms with Gasteiger partial charge in [-0.2, -0.15) is 18.3 Å². The van der Waals surface area contributed by atoms with E-state index in [9.17, 15) is 13.2 Å². The molecule has 0 spiro atoms. The average Bonchev–Trinajstić information content (AvgIpc) is 2.76. The first-order chi connectivity index (χ1) is 8.82. The average molecular weight is 290 g/mol. The van der Waals surface area contributed by atoms with Crippen LogP contribution in [0, 0.1) is 13.8 Å². The maximum absolute atomic E-state index is 12.5. The number of nitrogens with zero attached hydrogens (tertiary/aromatic N) is 3. The van der Waals surface area contributed by atoms with Gasteiger partial charge in [-0.25, -0.2) is 9.67 Å². The molecule has 0 saturated heterocycles. The molecule has 0 bridgehead atoms. The van der Waals surface area contributed by atoms with Gasteiger partial charge in [0.25, 0.3) is 0 Å². The van der Waals surface area contributed by atoms with Crippen LogP contribution >= 0.6 is 11.6 Å². The van der Waals surface area contributed by atoms with Crippen molar-refractivity contribution in [2.24, 2.45) is 0 Å². The monoisotopic (exact) mass is 289 g/mol. The molecule has 0 saturated carbocycles. The highest BCUT2D eigenvalue weighted by molar-refractivity contribution is 6.17. The van der Waals surface area contributed by atoms with Crippen molar-refractivity contribution in [1.29, 1.82) is 0 Å². The highest BCUT2D eigenvalue weighted by Crippen LogP contribution is 2.28. The van der Waals surface area contributed by atoms with Gasteiger partial charge in [0, 0.05) is 17.5 Å². The van der Waals surface area contributed by atoms with E-state index in [0.29, 0.717) is 17.1 Å². The van der Waals surface area contributed by atoms with Gasteiger partial charge in [-0.15, -0.1) is 11.6 Å². The van der Waals surface area contributed by atoms with Crippen molar-refractivity contribution in [3.8, 4) is 5.82 Å². The summed E-state index contributed by atoms with van der Waals surface area (Å²) in [5, 5.41) is 3.51. The van der Waals surface area contributed by atoms with Crippen LogP contribution in [0.3, 0.4) is 0 Å². The molecule has 0 radical (unpaired) electrons. The van der Waals surface area contributed by atoms with E-state index in [1.807, 2.05) is 13.0 Å². The molecule has 0 aliphatic heterocycles. The maximum Gasteiger partial charge on any atom is 0.435 e. The molecule has 7 heteroatoms. The Morgan fingerprint density at radius 1 is 1.32 bits per heavy atom. The van der Waals surface area contributed by atoms with Gasteiger partial charge in [-0.05, 0) is 31.5 Å². The van der Waals surface area contributed by atoms with Crippen LogP contribution in [0.1, 0.15) is 22.5 Å². The third kappa shape index (κ3) is 2.73. The number of aromatic nitrogens is 3. The van der Waals surface area contributed by atoms with Crippen LogP contribution in [0.5, 0.6) is 0 Å². The summed E-state index contributed by atoms with van der Waals surface area (Å²) in [7, 11) is 0. The van der Waals surface area contributed by atoms with Crippen molar-refractivity contribution < 1.29 is 13.2 Å². The number of rotatable bonds is 2. The van der Waals surface area contributed by atoms with E-state index in [1.165, 1.54) is 6.20 Å². The predicted octanol–water partition coefficient (Wildman–Crippen LogP) is 3.64. The molecule has 0 aliphatic rings. The third-order valence-electron chi connectivity index (χ3n) is 2.68. The first-order valence-electron chi connectivity index (χ1n) is 5.49. The Morgan fingerprint density at radius 2 is 2.00 bits per heavy atom. The van der Waals surface area contributed by atoms with Crippen LogP contribution in [-0.2, 0) is 12.1 Å². The van der Waals surface area contributed by atoms with Gasteiger partial charge < -0.3 is 0 Å². The zero-order valence-corrected chi connectivity index (χ0v) is 11.0. The zero-order valence-electron chi connectivity index (χ0n) is 10.3. The number of pyridine rings is 1. The molecule has 2 heterocycles. The van der Waals surface area contributed by atoms with Gasteiger partial charge in [0.1, 0.15) is 0 Å². The lowest BCUT2D eigenvalue weighted by Gasteiger charge is -2.10. The van der Waals surface area contributed by atoms with Crippen molar-refractivity contribution in [2.45, 2.75) is 25.9 Å². The van der Waals surface area contributed by atoms with Gasteiger partial charge in [-0.3, -0.25) is 0 Å². The SMILES string of the molecule is Cc1cc(C)c(CCl)c(-n2ccc(C(F)(F)F)n2)n1. The van der Waals surface area contributed by atoms with Crippen molar-refractivity contribution in [3.63, 3.8) is 0 Å². The molecule has 102 valence electrons. The Labute approximate surface area is 113 Å². The lowest BCUT2D eigenvalue weighted by atomic mass is 10.1. The largest absolute Gasteiger partial charge is 0.435 e. The minimum atomic E-state index is -4.47. The molecule has 2 aromatic heterocycles. The molecule has 0 fully saturated rings. The number of hydrogen-bond acceptors (Lipinski definition) is 2. The quantitative estimate of drug-likeness (QED) is 0.790. The van der Waals surface area contributed by atoms with E-state index in [1.54, 1.807) is 6.92 Å². The Kier molecular flexibility index (Phi) is 3.54. The van der Waals surface area contributed by atoms with Crippen molar-refractivity contribution in [3.05, 3.63) is 40.8 Å². The van der Waals surface area contributed by atoms with Gasteiger partial charge in [0.05, 0.1) is 5.88 Å². The van der Waals surface area contributed by atoms with Crippen molar-refractivity contribution in [2.75, 3.05) is 0 Å². The van der Waals surface area contributed by atoms with E-state index < -0.39 is 11.9 Å². The maximum atomic E-state index is 12.5. The van der Waals surface area contributed by atoms with Crippen LogP contribution in [0.15, 0.2) is 18.3 Å². The predicted molar refractivity (Wildman–Crippen MR) is 65.4 cm³/mol. The number of aryl methyl sites for hydroxylation is 2. The molecule has 0 aromatic carbocycles. The van der Waals surface area contributed by atoms with Crippen molar-refractivity contribution in [1.82, 2.24) is 14.8 Å². The molecular formula is C12H11ClF3N3. The summed E-state index contributed by atoms with van der Waals surface area (Å²) in [4.78, 5) is 4.22. The van der Waals surface area contributed by atoms with Crippen molar-refractivity contribution >= 4 is 11.6 Å². The Hall–Kier alpha value is -1.56. The van der Waals surface area contributed by atoms with Crippen LogP contribution in [0.2, 0.25) is 0 Å². The van der Waals surface area contributed by atoms with Gasteiger partial charge >= 0.3 is 6.18 Å². The van der Waals surface area contributed by atoms with Gasteiger partial charge in [0.15, 0.2) is 11.5 Å². The third-order valence-corrected chi connectivity index (χ3v) is 2.95. The molecule has 2 aromatic rings. The summed E-state index contributed by atoms with van der Waals surface area (Å²) in [5.74, 6) is 0.498. The fourth-order valence-corrected chi connectivity index (χ4v) is 2.12. The highest BCUT2D eigenvalue weighted by Gasteiger charge is 2.33. The lowest BCUT2D eigenvalue weighted by molar-refractivity contribution is -0.141. The first kappa shape index (κ1) is 13.9. The number of alkyl halides is 4. The molecule has 0 amide bonds. The Morgan fingerprint density at radius 3 is 2.53 bits per heavy atom. The molecule has 3 nitrogen and oxygen atoms in total. The summed E-state index contributed by atoms with van der Waals surface area (Å²) in [6, 6.07) is 2.74. The van der Waals surface area contributed by atoms with E-state index in [4.69, 9.17) is 11.6 Å². The summed E-state index contributed by atoms with van der Waals surface area (Å²) >= 11 is 5.83. The Balaban J connectivity index is 2.56. The van der Waals surface area contributed by atoms with E-state index in [0.717, 1.165) is 16.3 Å². The molecule has 0 atom stereocenters. The first-order valence-corrected chi connectivity index (χ1v) is 6.02. The molecule has 0 unspecified atom stereocenters. The van der Waals surface area contributed by atoms with Crippen LogP contribution < -0.4 is 0 Å². The molecule has 0 aliphatic carbocycles. The summed E-state index contributed by atoms with van der Waals surface area (Å²) in [5.41, 5.74) is 1.30. The molecule has 2 rings (SSSR count). The normalized spacial score (nSPS) is 11.9. The second-order valence-electron chi connectivity index (χ2n) is 4.16. The standard InChI is InChI=1S/C12H11ClF3N3/c1-7-5-8(2)17-11(9(7)6-13)19-4-3-10(18-19)12(14,15)16/h3-5H,6H2,1-2H3. The number of hydrogen-bond donors (Lipinski definition) is 0. The summed E-state index contributed by atoms with van der Waals surface area (Å²) in [6.07, 6.45) is -3.23. The smallest absolute Gasteiger partial charge is 0.234 e. The Bertz CT molecular complexity index is 605. The second-order valence-corrected chi connectivity index (χ2v) is 4.43. The molecular weight excluding hydrogens is 279 g/mol. The minimum absolute atomic E-state index is 0.162. The zero-order chi connectivity index (χ0) is 14.2. The highest BCUT2D eigenvalue weighted by atomic mass is 35.5. The lowest BCUT2D eigenvalue weighted by Crippen LogP contribution is -2.10. The van der Waals surface area contributed by atoms with E-state index in [2.05, 4.69) is 10.1 Å². The second kappa shape index (κ2) is 4.85. The van der Waals surface area contributed by atoms with Crippen LogP contribution in [0.4, 0.5) is 13.2 Å². The number of halogens is 4. The fourth-order valence-electron chi connectivity index (χ4n) is 1.79. The van der Waals surface area contributed by atoms with Gasteiger partial charge in [0.2, 0.25) is 0 Å². The summed E-state index contributed by atoms with van der Waals surface area (Å²) in [6.45, 7) is 3.60. The molecule has 0 N–H and O–H groups in total. The minimum Gasteiger partial charge on any atom is -0.234 e. The van der Waals surface area contributed by atoms with Crippen LogP contribution in [0.25, 0.3) is 5.82 Å². The topological polar surface area (TPSA) is 30.7 Å². The fraction of sp³-hybridized carbons (Fsp3) is 0.333. The molecule has 19 heavy (non-hydrogen) atoms. The summed E-state index contributed by atoms with van der Waals surface area (Å²) < 4.78 is 38.7. The van der Waals surface area contributed by atoms with E-state index >= 15 is 0 Å². The van der Waals surface area contributed by atoms with Crippen LogP contribution in [-0.4, -0.2) is 14.8 Å². The van der Waals surface area contributed by atoms with Gasteiger partial charge in [-0.1, -0.05) is 0 Å². The van der Waals surface area contributed by atoms with E-state index in [-0.39, 0.29) is 5.88 Å².